The van der Waals surface area contributed by atoms with Gasteiger partial charge >= 0.3 is 0 Å². The number of aliphatic hydroxyl groups is 1. The quantitative estimate of drug-likeness (QED) is 0.585. The monoisotopic (exact) mass is 495 g/mol. The number of hydrogen-bond acceptors (Lipinski definition) is 7. The average molecular weight is 496 g/mol. The summed E-state index contributed by atoms with van der Waals surface area (Å²) in [5, 5.41) is 9.81. The molecule has 1 aliphatic rings. The van der Waals surface area contributed by atoms with E-state index >= 15 is 0 Å². The summed E-state index contributed by atoms with van der Waals surface area (Å²) in [6, 6.07) is 8.59. The lowest BCUT2D eigenvalue weighted by Crippen LogP contribution is -2.50. The van der Waals surface area contributed by atoms with Gasteiger partial charge in [0.2, 0.25) is 11.8 Å². The predicted octanol–water partition coefficient (Wildman–Crippen LogP) is 1.81. The summed E-state index contributed by atoms with van der Waals surface area (Å²) in [6.07, 6.45) is 1.13. The van der Waals surface area contributed by atoms with Crippen LogP contribution >= 0.6 is 0 Å². The number of aliphatic hydroxyl groups excluding tert-OH is 1. The van der Waals surface area contributed by atoms with E-state index in [-0.39, 0.29) is 42.4 Å². The number of nitrogens with zero attached hydrogens (tertiary/aromatic N) is 3. The number of pyridine rings is 1. The van der Waals surface area contributed by atoms with Crippen molar-refractivity contribution in [3.63, 3.8) is 0 Å². The number of hydrogen-bond donors (Lipinski definition) is 1. The van der Waals surface area contributed by atoms with E-state index in [2.05, 4.69) is 16.8 Å². The topological polar surface area (TPSA) is 101 Å². The molecule has 1 aromatic heterocycles. The van der Waals surface area contributed by atoms with Crippen LogP contribution in [0.4, 0.5) is 0 Å². The van der Waals surface area contributed by atoms with Crippen LogP contribution in [0.15, 0.2) is 36.5 Å². The second kappa shape index (κ2) is 12.4. The van der Waals surface area contributed by atoms with Gasteiger partial charge in [-0.3, -0.25) is 9.59 Å². The van der Waals surface area contributed by atoms with Gasteiger partial charge in [-0.15, -0.1) is 0 Å². The molecule has 3 atom stereocenters. The number of aromatic nitrogens is 1. The van der Waals surface area contributed by atoms with Gasteiger partial charge in [0, 0.05) is 43.9 Å². The standard InChI is InChI=1S/C27H33N3O6/c1-18-14-30(19(2)16-31)27(33)23-12-21(7-6-20-8-10-22(35-5)11-9-20)13-28-26(23)36-24(18)15-29(3)25(32)17-34-4/h8-13,18-19,24,31H,14-17H2,1-5H3/t18-,19-,24+/m0/s1. The number of ether oxygens (including phenoxy) is 3. The number of rotatable bonds is 7. The van der Waals surface area contributed by atoms with E-state index in [0.717, 1.165) is 11.3 Å². The smallest absolute Gasteiger partial charge is 0.259 e. The zero-order chi connectivity index (χ0) is 26.2. The third-order valence-corrected chi connectivity index (χ3v) is 6.11. The molecule has 0 saturated carbocycles. The minimum atomic E-state index is -0.431. The number of fused-ring (bicyclic) bond motifs is 1. The molecule has 0 unspecified atom stereocenters. The fourth-order valence-corrected chi connectivity index (χ4v) is 3.81. The Balaban J connectivity index is 1.95. The maximum atomic E-state index is 13.5. The third kappa shape index (κ3) is 6.53. The highest BCUT2D eigenvalue weighted by Crippen LogP contribution is 2.27. The number of carbonyl (C=O) groups excluding carboxylic acids is 2. The van der Waals surface area contributed by atoms with Crippen molar-refractivity contribution in [3.8, 4) is 23.5 Å². The zero-order valence-electron chi connectivity index (χ0n) is 21.4. The molecule has 0 fully saturated rings. The lowest BCUT2D eigenvalue weighted by molar-refractivity contribution is -0.135. The molecule has 2 amide bonds. The van der Waals surface area contributed by atoms with E-state index in [1.54, 1.807) is 43.1 Å². The van der Waals surface area contributed by atoms with Crippen molar-refractivity contribution in [2.24, 2.45) is 5.92 Å². The Kier molecular flexibility index (Phi) is 9.28. The number of amides is 2. The van der Waals surface area contributed by atoms with Crippen molar-refractivity contribution in [3.05, 3.63) is 53.2 Å². The first kappa shape index (κ1) is 27.0. The van der Waals surface area contributed by atoms with Crippen molar-refractivity contribution >= 4 is 11.8 Å². The van der Waals surface area contributed by atoms with Crippen molar-refractivity contribution in [2.45, 2.75) is 26.0 Å². The molecule has 3 rings (SSSR count). The van der Waals surface area contributed by atoms with Gasteiger partial charge in [-0.2, -0.15) is 0 Å². The molecule has 1 aliphatic heterocycles. The van der Waals surface area contributed by atoms with Crippen LogP contribution in [0.1, 0.15) is 35.3 Å². The van der Waals surface area contributed by atoms with E-state index in [4.69, 9.17) is 14.2 Å². The molecule has 0 radical (unpaired) electrons. The second-order valence-corrected chi connectivity index (χ2v) is 8.89. The summed E-state index contributed by atoms with van der Waals surface area (Å²) in [7, 11) is 4.75. The maximum Gasteiger partial charge on any atom is 0.259 e. The van der Waals surface area contributed by atoms with Crippen LogP contribution in [0.3, 0.4) is 0 Å². The molecule has 0 bridgehead atoms. The summed E-state index contributed by atoms with van der Waals surface area (Å²) in [5.41, 5.74) is 1.61. The van der Waals surface area contributed by atoms with Gasteiger partial charge in [-0.25, -0.2) is 4.98 Å². The predicted molar refractivity (Wildman–Crippen MR) is 134 cm³/mol. The SMILES string of the molecule is COCC(=O)N(C)C[C@H]1Oc2ncc(C#Cc3ccc(OC)cc3)cc2C(=O)N([C@@H](C)CO)C[C@@H]1C. The summed E-state index contributed by atoms with van der Waals surface area (Å²) in [6.45, 7) is 4.16. The normalized spacial score (nSPS) is 18.1. The van der Waals surface area contributed by atoms with E-state index in [0.29, 0.717) is 18.7 Å². The molecule has 9 heteroatoms. The molecule has 0 spiro atoms. The van der Waals surface area contributed by atoms with Crippen LogP contribution in [0.5, 0.6) is 11.6 Å². The molecule has 1 N–H and O–H groups in total. The van der Waals surface area contributed by atoms with E-state index in [9.17, 15) is 14.7 Å². The molecule has 192 valence electrons. The van der Waals surface area contributed by atoms with Crippen molar-refractivity contribution in [2.75, 3.05) is 47.6 Å². The molecule has 0 saturated heterocycles. The summed E-state index contributed by atoms with van der Waals surface area (Å²) < 4.78 is 16.3. The van der Waals surface area contributed by atoms with Crippen LogP contribution in [0.2, 0.25) is 0 Å². The fourth-order valence-electron chi connectivity index (χ4n) is 3.81. The highest BCUT2D eigenvalue weighted by atomic mass is 16.5. The Morgan fingerprint density at radius 3 is 2.61 bits per heavy atom. The fraction of sp³-hybridized carbons (Fsp3) is 0.444. The van der Waals surface area contributed by atoms with Gasteiger partial charge in [-0.05, 0) is 37.3 Å². The van der Waals surface area contributed by atoms with Gasteiger partial charge < -0.3 is 29.1 Å². The van der Waals surface area contributed by atoms with Crippen LogP contribution in [-0.4, -0.2) is 91.4 Å². The Morgan fingerprint density at radius 2 is 1.97 bits per heavy atom. The van der Waals surface area contributed by atoms with Crippen molar-refractivity contribution in [1.29, 1.82) is 0 Å². The highest BCUT2D eigenvalue weighted by Gasteiger charge is 2.34. The third-order valence-electron chi connectivity index (χ3n) is 6.11. The van der Waals surface area contributed by atoms with Gasteiger partial charge in [0.25, 0.3) is 5.91 Å². The zero-order valence-corrected chi connectivity index (χ0v) is 21.4. The molecular formula is C27H33N3O6. The summed E-state index contributed by atoms with van der Waals surface area (Å²) in [4.78, 5) is 33.4. The molecular weight excluding hydrogens is 462 g/mol. The van der Waals surface area contributed by atoms with Gasteiger partial charge in [0.1, 0.15) is 24.0 Å². The largest absolute Gasteiger partial charge is 0.497 e. The number of carbonyl (C=O) groups is 2. The Hall–Kier alpha value is -3.61. The molecule has 9 nitrogen and oxygen atoms in total. The minimum Gasteiger partial charge on any atom is -0.497 e. The lowest BCUT2D eigenvalue weighted by Gasteiger charge is -2.37. The molecule has 0 aliphatic carbocycles. The van der Waals surface area contributed by atoms with Crippen molar-refractivity contribution < 1.29 is 28.9 Å². The molecule has 2 aromatic rings. The first-order valence-electron chi connectivity index (χ1n) is 11.7. The van der Waals surface area contributed by atoms with Crippen LogP contribution < -0.4 is 9.47 Å². The lowest BCUT2D eigenvalue weighted by atomic mass is 10.00. The van der Waals surface area contributed by atoms with Gasteiger partial charge in [0.05, 0.1) is 26.3 Å². The van der Waals surface area contributed by atoms with Crippen molar-refractivity contribution in [1.82, 2.24) is 14.8 Å². The molecule has 2 heterocycles. The highest BCUT2D eigenvalue weighted by molar-refractivity contribution is 5.97. The first-order valence-corrected chi connectivity index (χ1v) is 11.7. The second-order valence-electron chi connectivity index (χ2n) is 8.89. The Labute approximate surface area is 212 Å². The Morgan fingerprint density at radius 1 is 1.28 bits per heavy atom. The van der Waals surface area contributed by atoms with Crippen LogP contribution in [0, 0.1) is 17.8 Å². The van der Waals surface area contributed by atoms with E-state index in [1.807, 2.05) is 31.2 Å². The molecule has 1 aromatic carbocycles. The van der Waals surface area contributed by atoms with Crippen LogP contribution in [0.25, 0.3) is 0 Å². The first-order chi connectivity index (χ1) is 17.3. The van der Waals surface area contributed by atoms with Crippen LogP contribution in [-0.2, 0) is 9.53 Å². The van der Waals surface area contributed by atoms with Gasteiger partial charge in [-0.1, -0.05) is 18.8 Å². The summed E-state index contributed by atoms with van der Waals surface area (Å²) >= 11 is 0. The maximum absolute atomic E-state index is 13.5. The number of likely N-dealkylation sites (N-methyl/N-ethyl adjacent to an activating group) is 1. The Bertz CT molecular complexity index is 1120. The average Bonchev–Trinajstić information content (AvgIpc) is 2.89. The van der Waals surface area contributed by atoms with E-state index in [1.165, 1.54) is 7.11 Å². The molecule has 36 heavy (non-hydrogen) atoms. The summed E-state index contributed by atoms with van der Waals surface area (Å²) in [5.74, 6) is 6.43. The van der Waals surface area contributed by atoms with Gasteiger partial charge in [0.15, 0.2) is 0 Å². The van der Waals surface area contributed by atoms with E-state index < -0.39 is 12.1 Å². The number of methoxy groups -OCH3 is 2. The minimum absolute atomic E-state index is 0.0329. The number of benzene rings is 1.